The number of nitrogens with zero attached hydrogens (tertiary/aromatic N) is 2. The highest BCUT2D eigenvalue weighted by Gasteiger charge is 2.25. The molecule has 0 saturated carbocycles. The first kappa shape index (κ1) is 35.8. The van der Waals surface area contributed by atoms with Gasteiger partial charge >= 0.3 is 0 Å². The zero-order valence-corrected chi connectivity index (χ0v) is 35.6. The second-order valence-electron chi connectivity index (χ2n) is 17.3. The van der Waals surface area contributed by atoms with Gasteiger partial charge in [-0.2, -0.15) is 0 Å². The molecule has 4 heteroatoms. The van der Waals surface area contributed by atoms with Gasteiger partial charge in [0.05, 0.1) is 38.9 Å². The number of para-hydroxylation sites is 2. The normalized spacial score (nSPS) is 12.3. The number of anilines is 6. The quantitative estimate of drug-likeness (QED) is 0.113. The van der Waals surface area contributed by atoms with Crippen LogP contribution in [0.4, 0.5) is 34.1 Å². The molecule has 0 aliphatic rings. The van der Waals surface area contributed by atoms with Crippen LogP contribution in [-0.2, 0) is 0 Å². The molecule has 0 aromatic heterocycles. The Morgan fingerprint density at radius 3 is 0.981 bits per heavy atom. The van der Waals surface area contributed by atoms with Crippen molar-refractivity contribution in [2.75, 3.05) is 9.80 Å². The van der Waals surface area contributed by atoms with Crippen LogP contribution in [-0.4, -0.2) is 16.1 Å². The van der Waals surface area contributed by atoms with E-state index in [9.17, 15) is 0 Å². The van der Waals surface area contributed by atoms with Crippen LogP contribution >= 0.6 is 0 Å². The second-order valence-corrected chi connectivity index (χ2v) is 27.5. The predicted molar refractivity (Wildman–Crippen MR) is 244 cm³/mol. The van der Waals surface area contributed by atoms with Crippen LogP contribution in [0.15, 0.2) is 133 Å². The van der Waals surface area contributed by atoms with Crippen molar-refractivity contribution in [3.63, 3.8) is 0 Å². The van der Waals surface area contributed by atoms with E-state index in [2.05, 4.69) is 210 Å². The molecule has 0 saturated heterocycles. The maximum Gasteiger partial charge on any atom is 0.0775 e. The molecule has 270 valence electrons. The Hall–Kier alpha value is -5.17. The van der Waals surface area contributed by atoms with E-state index in [-0.39, 0.29) is 0 Å². The fourth-order valence-corrected chi connectivity index (χ4v) is 10.8. The SMILES string of the molecule is Cc1cccc(C)c1N(c1ccc([Si](C)(C)C)cc1)c1ccc2ccc3c(N(c4ccc([Si](C)(C)C)cc4)c4c(C)cccc4C)ccc4ccc1c2c43. The highest BCUT2D eigenvalue weighted by molar-refractivity contribution is 6.89. The molecule has 0 amide bonds. The van der Waals surface area contributed by atoms with Crippen molar-refractivity contribution < 1.29 is 0 Å². The van der Waals surface area contributed by atoms with Crippen molar-refractivity contribution in [1.82, 2.24) is 0 Å². The minimum Gasteiger partial charge on any atom is -0.309 e. The van der Waals surface area contributed by atoms with Gasteiger partial charge in [-0.1, -0.05) is 147 Å². The summed E-state index contributed by atoms with van der Waals surface area (Å²) in [7, 11) is -2.93. The van der Waals surface area contributed by atoms with Gasteiger partial charge < -0.3 is 9.80 Å². The Morgan fingerprint density at radius 1 is 0.352 bits per heavy atom. The number of benzene rings is 8. The Labute approximate surface area is 324 Å². The van der Waals surface area contributed by atoms with Crippen molar-refractivity contribution in [3.8, 4) is 0 Å². The summed E-state index contributed by atoms with van der Waals surface area (Å²) >= 11 is 0. The second kappa shape index (κ2) is 13.3. The average Bonchev–Trinajstić information content (AvgIpc) is 3.13. The average molecular weight is 737 g/mol. The van der Waals surface area contributed by atoms with Crippen LogP contribution in [0, 0.1) is 27.7 Å². The van der Waals surface area contributed by atoms with E-state index in [1.807, 2.05) is 0 Å². The number of aryl methyl sites for hydroxylation is 4. The molecule has 54 heavy (non-hydrogen) atoms. The maximum absolute atomic E-state index is 2.51. The highest BCUT2D eigenvalue weighted by atomic mass is 28.3. The summed E-state index contributed by atoms with van der Waals surface area (Å²) in [5, 5.41) is 10.6. The van der Waals surface area contributed by atoms with Crippen molar-refractivity contribution in [1.29, 1.82) is 0 Å². The van der Waals surface area contributed by atoms with E-state index in [0.717, 1.165) is 0 Å². The number of hydrogen-bond donors (Lipinski definition) is 0. The van der Waals surface area contributed by atoms with Gasteiger partial charge in [0.1, 0.15) is 0 Å². The zero-order valence-electron chi connectivity index (χ0n) is 33.6. The van der Waals surface area contributed by atoms with Crippen LogP contribution in [0.25, 0.3) is 32.3 Å². The third-order valence-electron chi connectivity index (χ3n) is 11.4. The topological polar surface area (TPSA) is 6.48 Å². The first-order valence-corrected chi connectivity index (χ1v) is 26.4. The van der Waals surface area contributed by atoms with Crippen molar-refractivity contribution in [2.45, 2.75) is 67.0 Å². The van der Waals surface area contributed by atoms with Gasteiger partial charge in [-0.3, -0.25) is 0 Å². The molecule has 8 aromatic rings. The summed E-state index contributed by atoms with van der Waals surface area (Å²) in [5.74, 6) is 0. The van der Waals surface area contributed by atoms with Crippen LogP contribution in [0.2, 0.25) is 39.3 Å². The Morgan fingerprint density at radius 2 is 0.667 bits per heavy atom. The summed E-state index contributed by atoms with van der Waals surface area (Å²) in [6.07, 6.45) is 0. The molecule has 0 spiro atoms. The Balaban J connectivity index is 1.40. The molecule has 0 unspecified atom stereocenters. The molecule has 0 atom stereocenters. The fourth-order valence-electron chi connectivity index (χ4n) is 8.48. The molecule has 8 rings (SSSR count). The van der Waals surface area contributed by atoms with Crippen molar-refractivity contribution >= 4 is 93.0 Å². The van der Waals surface area contributed by atoms with E-state index in [1.165, 1.54) is 99.1 Å². The fraction of sp³-hybridized carbons (Fsp3) is 0.200. The van der Waals surface area contributed by atoms with Gasteiger partial charge in [0.25, 0.3) is 0 Å². The molecule has 2 nitrogen and oxygen atoms in total. The lowest BCUT2D eigenvalue weighted by Crippen LogP contribution is -2.37. The molecule has 0 aliphatic heterocycles. The van der Waals surface area contributed by atoms with E-state index in [4.69, 9.17) is 0 Å². The predicted octanol–water partition coefficient (Wildman–Crippen LogP) is 13.8. The lowest BCUT2D eigenvalue weighted by Gasteiger charge is -2.32. The third kappa shape index (κ3) is 6.12. The van der Waals surface area contributed by atoms with Gasteiger partial charge in [0.15, 0.2) is 0 Å². The monoisotopic (exact) mass is 736 g/mol. The van der Waals surface area contributed by atoms with Crippen LogP contribution < -0.4 is 20.2 Å². The maximum atomic E-state index is 2.51. The van der Waals surface area contributed by atoms with E-state index in [1.54, 1.807) is 0 Å². The molecule has 8 aromatic carbocycles. The molecule has 0 heterocycles. The molecule has 0 N–H and O–H groups in total. The third-order valence-corrected chi connectivity index (χ3v) is 15.5. The van der Waals surface area contributed by atoms with Gasteiger partial charge in [-0.05, 0) is 108 Å². The van der Waals surface area contributed by atoms with E-state index >= 15 is 0 Å². The lowest BCUT2D eigenvalue weighted by molar-refractivity contribution is 1.23. The first-order valence-electron chi connectivity index (χ1n) is 19.4. The zero-order chi connectivity index (χ0) is 38.1. The first-order chi connectivity index (χ1) is 25.7. The van der Waals surface area contributed by atoms with E-state index < -0.39 is 16.1 Å². The summed E-state index contributed by atoms with van der Waals surface area (Å²) in [6.45, 7) is 23.5. The molecule has 0 bridgehead atoms. The van der Waals surface area contributed by atoms with Crippen LogP contribution in [0.3, 0.4) is 0 Å². The summed E-state index contributed by atoms with van der Waals surface area (Å²) in [4.78, 5) is 5.02. The highest BCUT2D eigenvalue weighted by Crippen LogP contribution is 2.49. The van der Waals surface area contributed by atoms with Gasteiger partial charge in [0.2, 0.25) is 0 Å². The van der Waals surface area contributed by atoms with Gasteiger partial charge in [-0.15, -0.1) is 0 Å². The number of hydrogen-bond acceptors (Lipinski definition) is 2. The Bertz CT molecular complexity index is 2430. The van der Waals surface area contributed by atoms with Gasteiger partial charge in [-0.25, -0.2) is 0 Å². The summed E-state index contributed by atoms with van der Waals surface area (Å²) in [6, 6.07) is 50.8. The van der Waals surface area contributed by atoms with Gasteiger partial charge in [0, 0.05) is 22.1 Å². The molecular weight excluding hydrogens is 685 g/mol. The Kier molecular flexibility index (Phi) is 8.82. The van der Waals surface area contributed by atoms with Crippen molar-refractivity contribution in [3.05, 3.63) is 156 Å². The minimum atomic E-state index is -1.46. The molecular formula is C50H52N2Si2. The molecule has 0 radical (unpaired) electrons. The summed E-state index contributed by atoms with van der Waals surface area (Å²) in [5.41, 5.74) is 12.3. The molecule has 0 aliphatic carbocycles. The summed E-state index contributed by atoms with van der Waals surface area (Å²) < 4.78 is 0. The number of rotatable bonds is 8. The van der Waals surface area contributed by atoms with Crippen LogP contribution in [0.1, 0.15) is 22.3 Å². The van der Waals surface area contributed by atoms with Crippen LogP contribution in [0.5, 0.6) is 0 Å². The minimum absolute atomic E-state index is 1.19. The largest absolute Gasteiger partial charge is 0.309 e. The smallest absolute Gasteiger partial charge is 0.0775 e. The van der Waals surface area contributed by atoms with Crippen molar-refractivity contribution in [2.24, 2.45) is 0 Å². The lowest BCUT2D eigenvalue weighted by atomic mass is 9.91. The van der Waals surface area contributed by atoms with E-state index in [0.29, 0.717) is 0 Å². The molecule has 0 fully saturated rings. The standard InChI is InChI=1S/C50H52N2Si2/c1-33-13-11-14-34(2)49(33)51(39-21-25-41(26-22-39)53(5,6)7)45-31-19-37-18-30-44-46(32-20-38-17-29-43(45)47(37)48(38)44)52(50-35(3)15-12-16-36(50)4)40-23-27-42(28-24-40)54(8,9)10/h11-32H,1-10H3.